The molecule has 0 spiro atoms. The van der Waals surface area contributed by atoms with Crippen LogP contribution in [-0.4, -0.2) is 32.0 Å². The highest BCUT2D eigenvalue weighted by Gasteiger charge is 2.10. The van der Waals surface area contributed by atoms with Crippen molar-refractivity contribution in [2.75, 3.05) is 25.5 Å². The molecule has 1 fully saturated rings. The first-order valence-electron chi connectivity index (χ1n) is 7.74. The van der Waals surface area contributed by atoms with E-state index in [-0.39, 0.29) is 6.42 Å². The number of carbonyl (C=O) groups excluding carboxylic acids is 1. The predicted octanol–water partition coefficient (Wildman–Crippen LogP) is 2.80. The Morgan fingerprint density at radius 3 is 3.00 bits per heavy atom. The Balaban J connectivity index is 2.03. The second kappa shape index (κ2) is 8.40. The molecule has 1 saturated heterocycles. The molecule has 0 saturated carbocycles. The van der Waals surface area contributed by atoms with Crippen LogP contribution in [0, 0.1) is 5.82 Å². The number of piperidine rings is 1. The predicted molar refractivity (Wildman–Crippen MR) is 93.6 cm³/mol. The largest absolute Gasteiger partial charge is 0.469 e. The van der Waals surface area contributed by atoms with E-state index in [0.717, 1.165) is 30.7 Å². The molecule has 1 aromatic rings. The van der Waals surface area contributed by atoms with Crippen LogP contribution >= 0.6 is 0 Å². The van der Waals surface area contributed by atoms with Crippen LogP contribution in [0.5, 0.6) is 0 Å². The van der Waals surface area contributed by atoms with E-state index in [4.69, 9.17) is 0 Å². The summed E-state index contributed by atoms with van der Waals surface area (Å²) in [5.41, 5.74) is 3.03. The smallest absolute Gasteiger partial charge is 0.310 e. The van der Waals surface area contributed by atoms with Gasteiger partial charge in [0.1, 0.15) is 11.7 Å². The maximum absolute atomic E-state index is 14.0. The SMILES string of the molecule is C=C1CNCC/C1=C/N=C(C)Nc1ccc(CC(=O)OC)c(F)c1. The fourth-order valence-corrected chi connectivity index (χ4v) is 2.32. The molecule has 1 aliphatic heterocycles. The Morgan fingerprint density at radius 2 is 2.33 bits per heavy atom. The summed E-state index contributed by atoms with van der Waals surface area (Å²) in [5, 5.41) is 6.28. The third-order valence-corrected chi connectivity index (χ3v) is 3.72. The van der Waals surface area contributed by atoms with E-state index in [1.165, 1.54) is 13.2 Å². The van der Waals surface area contributed by atoms with E-state index in [0.29, 0.717) is 17.1 Å². The molecule has 5 nitrogen and oxygen atoms in total. The maximum atomic E-state index is 14.0. The van der Waals surface area contributed by atoms with Crippen LogP contribution in [-0.2, 0) is 16.0 Å². The molecule has 0 unspecified atom stereocenters. The Labute approximate surface area is 141 Å². The summed E-state index contributed by atoms with van der Waals surface area (Å²) in [6.07, 6.45) is 2.61. The summed E-state index contributed by atoms with van der Waals surface area (Å²) in [7, 11) is 1.28. The number of rotatable bonds is 4. The number of benzene rings is 1. The Hall–Kier alpha value is -2.47. The van der Waals surface area contributed by atoms with Crippen molar-refractivity contribution in [2.45, 2.75) is 19.8 Å². The zero-order chi connectivity index (χ0) is 17.5. The first kappa shape index (κ1) is 17.9. The summed E-state index contributed by atoms with van der Waals surface area (Å²) in [6.45, 7) is 7.50. The Morgan fingerprint density at radius 1 is 1.54 bits per heavy atom. The monoisotopic (exact) mass is 331 g/mol. The van der Waals surface area contributed by atoms with Gasteiger partial charge in [-0.25, -0.2) is 9.38 Å². The highest BCUT2D eigenvalue weighted by molar-refractivity contribution is 5.94. The summed E-state index contributed by atoms with van der Waals surface area (Å²) in [6, 6.07) is 4.61. The number of amidine groups is 1. The average molecular weight is 331 g/mol. The quantitative estimate of drug-likeness (QED) is 0.506. The third-order valence-electron chi connectivity index (χ3n) is 3.72. The minimum absolute atomic E-state index is 0.0854. The van der Waals surface area contributed by atoms with Crippen LogP contribution in [0.25, 0.3) is 0 Å². The number of nitrogens with zero attached hydrogens (tertiary/aromatic N) is 1. The molecule has 0 atom stereocenters. The van der Waals surface area contributed by atoms with Gasteiger partial charge in [0.2, 0.25) is 0 Å². The molecule has 0 amide bonds. The van der Waals surface area contributed by atoms with E-state index in [1.807, 2.05) is 0 Å². The number of aliphatic imine (C=N–C) groups is 1. The summed E-state index contributed by atoms with van der Waals surface area (Å²) >= 11 is 0. The number of halogens is 1. The normalized spacial score (nSPS) is 17.0. The number of anilines is 1. The van der Waals surface area contributed by atoms with Gasteiger partial charge < -0.3 is 15.4 Å². The number of nitrogens with one attached hydrogen (secondary N) is 2. The van der Waals surface area contributed by atoms with E-state index in [1.54, 1.807) is 25.3 Å². The Kier molecular flexibility index (Phi) is 6.26. The average Bonchev–Trinajstić information content (AvgIpc) is 2.56. The second-order valence-electron chi connectivity index (χ2n) is 5.58. The van der Waals surface area contributed by atoms with Crippen molar-refractivity contribution in [3.8, 4) is 0 Å². The number of esters is 1. The highest BCUT2D eigenvalue weighted by atomic mass is 19.1. The molecule has 0 bridgehead atoms. The van der Waals surface area contributed by atoms with Gasteiger partial charge in [-0.05, 0) is 48.7 Å². The van der Waals surface area contributed by atoms with Gasteiger partial charge in [0.25, 0.3) is 0 Å². The lowest BCUT2D eigenvalue weighted by molar-refractivity contribution is -0.139. The van der Waals surface area contributed by atoms with Crippen LogP contribution in [0.15, 0.2) is 47.1 Å². The second-order valence-corrected chi connectivity index (χ2v) is 5.58. The van der Waals surface area contributed by atoms with Crippen LogP contribution in [0.2, 0.25) is 0 Å². The fraction of sp³-hybridized carbons (Fsp3) is 0.333. The molecule has 0 aliphatic carbocycles. The molecule has 24 heavy (non-hydrogen) atoms. The molecule has 6 heteroatoms. The van der Waals surface area contributed by atoms with E-state index >= 15 is 0 Å². The zero-order valence-corrected chi connectivity index (χ0v) is 14.0. The van der Waals surface area contributed by atoms with Gasteiger partial charge in [0, 0.05) is 18.4 Å². The highest BCUT2D eigenvalue weighted by Crippen LogP contribution is 2.17. The first-order chi connectivity index (χ1) is 11.5. The van der Waals surface area contributed by atoms with Gasteiger partial charge in [-0.1, -0.05) is 12.6 Å². The Bertz CT molecular complexity index is 696. The lowest BCUT2D eigenvalue weighted by atomic mass is 10.0. The lowest BCUT2D eigenvalue weighted by Gasteiger charge is -2.17. The zero-order valence-electron chi connectivity index (χ0n) is 14.0. The minimum atomic E-state index is -0.471. The molecule has 0 aromatic heterocycles. The van der Waals surface area contributed by atoms with Crippen molar-refractivity contribution in [1.29, 1.82) is 0 Å². The van der Waals surface area contributed by atoms with Gasteiger partial charge >= 0.3 is 5.97 Å². The van der Waals surface area contributed by atoms with Gasteiger partial charge in [0.15, 0.2) is 0 Å². The van der Waals surface area contributed by atoms with Gasteiger partial charge in [-0.15, -0.1) is 0 Å². The van der Waals surface area contributed by atoms with Crippen LogP contribution in [0.3, 0.4) is 0 Å². The van der Waals surface area contributed by atoms with E-state index in [2.05, 4.69) is 26.9 Å². The first-order valence-corrected chi connectivity index (χ1v) is 7.74. The summed E-state index contributed by atoms with van der Waals surface area (Å²) in [5.74, 6) is -0.279. The molecule has 1 aliphatic rings. The van der Waals surface area contributed by atoms with Crippen molar-refractivity contribution in [3.05, 3.63) is 53.5 Å². The molecule has 2 N–H and O–H groups in total. The van der Waals surface area contributed by atoms with E-state index in [9.17, 15) is 9.18 Å². The van der Waals surface area contributed by atoms with Crippen LogP contribution in [0.4, 0.5) is 10.1 Å². The van der Waals surface area contributed by atoms with Crippen molar-refractivity contribution in [2.24, 2.45) is 4.99 Å². The molecule has 1 heterocycles. The number of hydrogen-bond acceptors (Lipinski definition) is 4. The van der Waals surface area contributed by atoms with Gasteiger partial charge in [-0.2, -0.15) is 0 Å². The molecule has 0 radical (unpaired) electrons. The van der Waals surface area contributed by atoms with Crippen molar-refractivity contribution >= 4 is 17.5 Å². The molecule has 128 valence electrons. The minimum Gasteiger partial charge on any atom is -0.469 e. The molecule has 2 rings (SSSR count). The van der Waals surface area contributed by atoms with Crippen LogP contribution < -0.4 is 10.6 Å². The third kappa shape index (κ3) is 5.03. The summed E-state index contributed by atoms with van der Waals surface area (Å²) < 4.78 is 18.6. The molecular weight excluding hydrogens is 309 g/mol. The van der Waals surface area contributed by atoms with E-state index < -0.39 is 11.8 Å². The fourth-order valence-electron chi connectivity index (χ4n) is 2.32. The standard InChI is InChI=1S/C18H22FN3O2/c1-12-10-20-7-6-15(12)11-21-13(2)22-16-5-4-14(17(19)9-16)8-18(23)24-3/h4-5,9,11,20H,1,6-8,10H2,2-3H3,(H,21,22)/b15-11-. The number of ether oxygens (including phenoxy) is 1. The topological polar surface area (TPSA) is 62.7 Å². The lowest BCUT2D eigenvalue weighted by Crippen LogP contribution is -2.25. The number of carbonyl (C=O) groups is 1. The number of methoxy groups -OCH3 is 1. The maximum Gasteiger partial charge on any atom is 0.310 e. The molecule has 1 aromatic carbocycles. The van der Waals surface area contributed by atoms with Crippen molar-refractivity contribution in [3.63, 3.8) is 0 Å². The molecular formula is C18H22FN3O2. The van der Waals surface area contributed by atoms with Crippen molar-refractivity contribution < 1.29 is 13.9 Å². The summed E-state index contributed by atoms with van der Waals surface area (Å²) in [4.78, 5) is 15.6. The van der Waals surface area contributed by atoms with Gasteiger partial charge in [0.05, 0.1) is 13.5 Å². The van der Waals surface area contributed by atoms with Crippen LogP contribution in [0.1, 0.15) is 18.9 Å². The van der Waals surface area contributed by atoms with Gasteiger partial charge in [-0.3, -0.25) is 4.79 Å². The number of hydrogen-bond donors (Lipinski definition) is 2. The van der Waals surface area contributed by atoms with Crippen molar-refractivity contribution in [1.82, 2.24) is 5.32 Å².